The second-order valence-corrected chi connectivity index (χ2v) is 4.85. The van der Waals surface area contributed by atoms with Crippen LogP contribution in [0.15, 0.2) is 9.59 Å². The average molecular weight is 232 g/mol. The molecule has 14 heavy (non-hydrogen) atoms. The van der Waals surface area contributed by atoms with Crippen LogP contribution in [0.25, 0.3) is 0 Å². The van der Waals surface area contributed by atoms with Crippen molar-refractivity contribution in [2.45, 2.75) is 11.1 Å². The average Bonchev–Trinajstić information content (AvgIpc) is 2.20. The third-order valence-electron chi connectivity index (χ3n) is 1.62. The molecule has 0 aromatic carbocycles. The van der Waals surface area contributed by atoms with Gasteiger partial charge in [0.2, 0.25) is 6.33 Å². The van der Waals surface area contributed by atoms with Gasteiger partial charge in [0.15, 0.2) is 0 Å². The van der Waals surface area contributed by atoms with Gasteiger partial charge < -0.3 is 0 Å². The van der Waals surface area contributed by atoms with Gasteiger partial charge >= 0.3 is 11.1 Å². The van der Waals surface area contributed by atoms with Crippen LogP contribution in [0.1, 0.15) is 0 Å². The number of aromatic nitrogens is 3. The smallest absolute Gasteiger partial charge is 0.282 e. The molecule has 0 unspecified atom stereocenters. The van der Waals surface area contributed by atoms with Gasteiger partial charge in [-0.05, 0) is 12.5 Å². The lowest BCUT2D eigenvalue weighted by Crippen LogP contribution is -2.38. The minimum absolute atomic E-state index is 0.229. The Balaban J connectivity index is 2.92. The fraction of sp³-hybridized carbons (Fsp3) is 0.571. The first-order valence-electron chi connectivity index (χ1n) is 3.82. The Bertz CT molecular complexity index is 396. The number of thioether (sulfide) groups is 2. The quantitative estimate of drug-likeness (QED) is 0.574. The van der Waals surface area contributed by atoms with Crippen molar-refractivity contribution in [1.82, 2.24) is 14.8 Å². The highest BCUT2D eigenvalue weighted by Crippen LogP contribution is 2.19. The Hall–Kier alpha value is -0.690. The van der Waals surface area contributed by atoms with Crippen molar-refractivity contribution < 1.29 is 0 Å². The first-order valence-corrected chi connectivity index (χ1v) is 6.39. The molecule has 5 nitrogen and oxygen atoms in total. The van der Waals surface area contributed by atoms with E-state index in [1.165, 1.54) is 4.57 Å². The molecule has 1 heterocycles. The molecule has 0 aliphatic carbocycles. The number of hydrogen-bond donors (Lipinski definition) is 1. The molecule has 1 N–H and O–H groups in total. The Morgan fingerprint density at radius 1 is 1.50 bits per heavy atom. The molecule has 0 bridgehead atoms. The van der Waals surface area contributed by atoms with Crippen molar-refractivity contribution in [1.29, 1.82) is 0 Å². The van der Waals surface area contributed by atoms with Crippen LogP contribution in [-0.4, -0.2) is 31.9 Å². The molecule has 1 rings (SSSR count). The molecule has 0 spiro atoms. The summed E-state index contributed by atoms with van der Waals surface area (Å²) in [7, 11) is 0. The van der Waals surface area contributed by atoms with Gasteiger partial charge in [-0.15, -0.1) is 23.5 Å². The summed E-state index contributed by atoms with van der Waals surface area (Å²) in [5, 5.41) is 5.49. The molecule has 0 saturated heterocycles. The monoisotopic (exact) mass is 232 g/mol. The van der Waals surface area contributed by atoms with E-state index in [4.69, 9.17) is 0 Å². The predicted octanol–water partition coefficient (Wildman–Crippen LogP) is -0.216. The Kier molecular flexibility index (Phi) is 4.27. The van der Waals surface area contributed by atoms with Crippen LogP contribution in [-0.2, 0) is 6.54 Å². The topological polar surface area (TPSA) is 67.8 Å². The van der Waals surface area contributed by atoms with E-state index >= 15 is 0 Å². The lowest BCUT2D eigenvalue weighted by atomic mass is 10.6. The van der Waals surface area contributed by atoms with Gasteiger partial charge in [-0.1, -0.05) is 0 Å². The lowest BCUT2D eigenvalue weighted by Gasteiger charge is -2.11. The normalized spacial score (nSPS) is 10.8. The Morgan fingerprint density at radius 2 is 2.14 bits per heavy atom. The summed E-state index contributed by atoms with van der Waals surface area (Å²) in [6.07, 6.45) is 6.35. The van der Waals surface area contributed by atoms with Crippen molar-refractivity contribution in [2.24, 2.45) is 0 Å². The third kappa shape index (κ3) is 2.65. The molecular weight excluding hydrogens is 222 g/mol. The zero-order valence-electron chi connectivity index (χ0n) is 7.81. The summed E-state index contributed by atoms with van der Waals surface area (Å²) >= 11 is 3.25. The highest BCUT2D eigenvalue weighted by Gasteiger charge is 2.08. The molecule has 0 aliphatic heterocycles. The van der Waals surface area contributed by atoms with Crippen LogP contribution in [0.2, 0.25) is 0 Å². The summed E-state index contributed by atoms with van der Waals surface area (Å²) in [6.45, 7) is 0.443. The molecule has 1 aromatic rings. The molecule has 0 fully saturated rings. The third-order valence-corrected chi connectivity index (χ3v) is 4.13. The van der Waals surface area contributed by atoms with Crippen LogP contribution in [0.4, 0.5) is 0 Å². The largest absolute Gasteiger partial charge is 0.330 e. The van der Waals surface area contributed by atoms with Crippen molar-refractivity contribution in [3.05, 3.63) is 27.0 Å². The minimum atomic E-state index is -0.704. The standard InChI is InChI=1S/C7H10N3O2S2/c1-13-5(14-2)3-10-4-8-9-6(11)7(10)12/h5H,3H2,1-2H3,(H,9,11). The van der Waals surface area contributed by atoms with E-state index in [0.29, 0.717) is 6.54 Å². The van der Waals surface area contributed by atoms with E-state index in [9.17, 15) is 9.59 Å². The van der Waals surface area contributed by atoms with Crippen LogP contribution in [0.3, 0.4) is 0 Å². The second-order valence-electron chi connectivity index (χ2n) is 2.47. The molecule has 0 amide bonds. The lowest BCUT2D eigenvalue weighted by molar-refractivity contribution is 0.655. The van der Waals surface area contributed by atoms with Crippen molar-refractivity contribution in [2.75, 3.05) is 12.5 Å². The summed E-state index contributed by atoms with van der Waals surface area (Å²) in [6, 6.07) is 0. The number of rotatable bonds is 4. The molecule has 1 aromatic heterocycles. The van der Waals surface area contributed by atoms with E-state index in [2.05, 4.69) is 11.4 Å². The fourth-order valence-electron chi connectivity index (χ4n) is 0.870. The zero-order valence-corrected chi connectivity index (χ0v) is 9.44. The van der Waals surface area contributed by atoms with Crippen molar-refractivity contribution >= 4 is 23.5 Å². The fourth-order valence-corrected chi connectivity index (χ4v) is 2.24. The van der Waals surface area contributed by atoms with Gasteiger partial charge in [0.05, 0.1) is 4.58 Å². The van der Waals surface area contributed by atoms with Crippen molar-refractivity contribution in [3.63, 3.8) is 0 Å². The number of hydrogen-bond acceptors (Lipinski definition) is 5. The maximum absolute atomic E-state index is 11.3. The molecule has 7 heteroatoms. The summed E-state index contributed by atoms with van der Waals surface area (Å²) in [5.74, 6) is 0. The number of aromatic amines is 1. The molecule has 0 aliphatic rings. The molecule has 77 valence electrons. The molecule has 1 radical (unpaired) electrons. The summed E-state index contributed by atoms with van der Waals surface area (Å²) in [4.78, 5) is 22.2. The van der Waals surface area contributed by atoms with E-state index in [0.717, 1.165) is 0 Å². The highest BCUT2D eigenvalue weighted by atomic mass is 32.2. The maximum atomic E-state index is 11.3. The van der Waals surface area contributed by atoms with Gasteiger partial charge in [0, 0.05) is 6.54 Å². The number of nitrogens with zero attached hydrogens (tertiary/aromatic N) is 2. The first kappa shape index (κ1) is 11.4. The predicted molar refractivity (Wildman–Crippen MR) is 58.8 cm³/mol. The number of H-pyrrole nitrogens is 1. The van der Waals surface area contributed by atoms with Crippen LogP contribution in [0, 0.1) is 6.33 Å². The molecule has 0 atom stereocenters. The number of nitrogens with one attached hydrogen (secondary N) is 1. The highest BCUT2D eigenvalue weighted by molar-refractivity contribution is 8.16. The second kappa shape index (κ2) is 5.26. The Labute approximate surface area is 89.3 Å². The molecule has 0 saturated carbocycles. The van der Waals surface area contributed by atoms with E-state index in [-0.39, 0.29) is 4.58 Å². The first-order chi connectivity index (χ1) is 6.69. The van der Waals surface area contributed by atoms with Crippen LogP contribution in [0.5, 0.6) is 0 Å². The SMILES string of the molecule is CSC(Cn1[c]n[nH]c(=O)c1=O)SC. The molecular formula is C7H10N3O2S2. The maximum Gasteiger partial charge on any atom is 0.330 e. The van der Waals surface area contributed by atoms with Crippen LogP contribution >= 0.6 is 23.5 Å². The van der Waals surface area contributed by atoms with E-state index in [1.54, 1.807) is 23.5 Å². The Morgan fingerprint density at radius 3 is 2.71 bits per heavy atom. The summed E-state index contributed by atoms with van der Waals surface area (Å²) < 4.78 is 1.43. The van der Waals surface area contributed by atoms with E-state index in [1.807, 2.05) is 17.6 Å². The van der Waals surface area contributed by atoms with Crippen LogP contribution < -0.4 is 11.1 Å². The van der Waals surface area contributed by atoms with Gasteiger partial charge in [0.25, 0.3) is 0 Å². The van der Waals surface area contributed by atoms with Gasteiger partial charge in [-0.3, -0.25) is 14.2 Å². The van der Waals surface area contributed by atoms with Crippen molar-refractivity contribution in [3.8, 4) is 0 Å². The minimum Gasteiger partial charge on any atom is -0.282 e. The van der Waals surface area contributed by atoms with Gasteiger partial charge in [-0.2, -0.15) is 5.10 Å². The van der Waals surface area contributed by atoms with E-state index < -0.39 is 11.1 Å². The summed E-state index contributed by atoms with van der Waals surface area (Å²) in [5.41, 5.74) is -1.31. The van der Waals surface area contributed by atoms with Gasteiger partial charge in [0.1, 0.15) is 0 Å². The van der Waals surface area contributed by atoms with Gasteiger partial charge in [-0.25, -0.2) is 5.10 Å². The zero-order chi connectivity index (χ0) is 10.6.